The Morgan fingerprint density at radius 1 is 1.53 bits per heavy atom. The molecular weight excluding hydrogens is 236 g/mol. The number of nitrogens with zero attached hydrogens (tertiary/aromatic N) is 1. The third-order valence-electron chi connectivity index (χ3n) is 2.87. The Labute approximate surface area is 108 Å². The van der Waals surface area contributed by atoms with Crippen molar-refractivity contribution in [2.45, 2.75) is 20.3 Å². The van der Waals surface area contributed by atoms with E-state index in [4.69, 9.17) is 17.3 Å². The Bertz CT molecular complexity index is 406. The molecule has 0 aliphatic heterocycles. The summed E-state index contributed by atoms with van der Waals surface area (Å²) in [5, 5.41) is 0.545. The zero-order valence-electron chi connectivity index (χ0n) is 10.5. The van der Waals surface area contributed by atoms with Crippen molar-refractivity contribution in [2.75, 3.05) is 19.3 Å². The Morgan fingerprint density at radius 2 is 2.18 bits per heavy atom. The van der Waals surface area contributed by atoms with Crippen LogP contribution >= 0.6 is 11.6 Å². The van der Waals surface area contributed by atoms with E-state index in [0.717, 1.165) is 13.0 Å². The summed E-state index contributed by atoms with van der Waals surface area (Å²) < 4.78 is 0. The summed E-state index contributed by atoms with van der Waals surface area (Å²) in [7, 11) is 1.79. The van der Waals surface area contributed by atoms with E-state index in [1.165, 1.54) is 0 Å². The van der Waals surface area contributed by atoms with Gasteiger partial charge in [-0.3, -0.25) is 4.79 Å². The minimum Gasteiger partial charge on any atom is -0.398 e. The molecule has 94 valence electrons. The summed E-state index contributed by atoms with van der Waals surface area (Å²) >= 11 is 5.80. The molecule has 4 heteroatoms. The molecule has 1 aromatic carbocycles. The van der Waals surface area contributed by atoms with Crippen LogP contribution < -0.4 is 5.73 Å². The van der Waals surface area contributed by atoms with E-state index in [1.54, 1.807) is 30.1 Å². The van der Waals surface area contributed by atoms with Gasteiger partial charge in [0, 0.05) is 24.3 Å². The van der Waals surface area contributed by atoms with Gasteiger partial charge in [0.25, 0.3) is 5.91 Å². The molecule has 3 nitrogen and oxygen atoms in total. The van der Waals surface area contributed by atoms with Crippen molar-refractivity contribution < 1.29 is 4.79 Å². The molecule has 0 aliphatic carbocycles. The predicted molar refractivity (Wildman–Crippen MR) is 72.3 cm³/mol. The quantitative estimate of drug-likeness (QED) is 0.840. The van der Waals surface area contributed by atoms with Crippen LogP contribution in [0.25, 0.3) is 0 Å². The lowest BCUT2D eigenvalue weighted by Gasteiger charge is -2.21. The molecule has 0 aromatic heterocycles. The van der Waals surface area contributed by atoms with Crippen LogP contribution in [-0.4, -0.2) is 24.4 Å². The van der Waals surface area contributed by atoms with Crippen LogP contribution in [0.15, 0.2) is 18.2 Å². The lowest BCUT2D eigenvalue weighted by Crippen LogP contribution is -2.31. The molecule has 2 N–H and O–H groups in total. The standard InChI is InChI=1S/C13H19ClN2O/c1-4-9(2)8-16(3)13(17)11-6-5-10(14)7-12(11)15/h5-7,9H,4,8,15H2,1-3H3. The maximum Gasteiger partial charge on any atom is 0.255 e. The molecule has 0 fully saturated rings. The molecule has 1 atom stereocenters. The van der Waals surface area contributed by atoms with Crippen LogP contribution in [0.5, 0.6) is 0 Å². The number of rotatable bonds is 4. The molecule has 0 bridgehead atoms. The minimum atomic E-state index is -0.0560. The largest absolute Gasteiger partial charge is 0.398 e. The van der Waals surface area contributed by atoms with Crippen molar-refractivity contribution in [3.05, 3.63) is 28.8 Å². The molecular formula is C13H19ClN2O. The average molecular weight is 255 g/mol. The molecule has 0 radical (unpaired) electrons. The van der Waals surface area contributed by atoms with Gasteiger partial charge in [-0.25, -0.2) is 0 Å². The molecule has 0 saturated carbocycles. The van der Waals surface area contributed by atoms with E-state index >= 15 is 0 Å². The number of nitrogen functional groups attached to an aromatic ring is 1. The molecule has 1 rings (SSSR count). The molecule has 0 aliphatic rings. The predicted octanol–water partition coefficient (Wildman–Crippen LogP) is 3.04. The molecule has 0 heterocycles. The van der Waals surface area contributed by atoms with Crippen LogP contribution in [0.2, 0.25) is 5.02 Å². The summed E-state index contributed by atoms with van der Waals surface area (Å²) in [6.45, 7) is 4.96. The molecule has 1 aromatic rings. The zero-order chi connectivity index (χ0) is 13.0. The number of nitrogens with two attached hydrogens (primary N) is 1. The van der Waals surface area contributed by atoms with E-state index in [9.17, 15) is 4.79 Å². The maximum absolute atomic E-state index is 12.1. The Morgan fingerprint density at radius 3 is 2.71 bits per heavy atom. The third kappa shape index (κ3) is 3.63. The fourth-order valence-electron chi connectivity index (χ4n) is 1.61. The van der Waals surface area contributed by atoms with Crippen molar-refractivity contribution >= 4 is 23.2 Å². The highest BCUT2D eigenvalue weighted by Crippen LogP contribution is 2.19. The van der Waals surface area contributed by atoms with Crippen LogP contribution in [-0.2, 0) is 0 Å². The van der Waals surface area contributed by atoms with E-state index in [-0.39, 0.29) is 5.91 Å². The number of hydrogen-bond acceptors (Lipinski definition) is 2. The number of carbonyl (C=O) groups is 1. The first-order chi connectivity index (χ1) is 7.95. The van der Waals surface area contributed by atoms with Crippen molar-refractivity contribution in [3.63, 3.8) is 0 Å². The number of benzene rings is 1. The first-order valence-electron chi connectivity index (χ1n) is 5.76. The SMILES string of the molecule is CCC(C)CN(C)C(=O)c1ccc(Cl)cc1N. The second-order valence-corrected chi connectivity index (χ2v) is 4.87. The fourth-order valence-corrected chi connectivity index (χ4v) is 1.79. The summed E-state index contributed by atoms with van der Waals surface area (Å²) in [5.74, 6) is 0.428. The number of amides is 1. The van der Waals surface area contributed by atoms with Crippen LogP contribution in [0, 0.1) is 5.92 Å². The minimum absolute atomic E-state index is 0.0560. The molecule has 17 heavy (non-hydrogen) atoms. The van der Waals surface area contributed by atoms with Gasteiger partial charge in [-0.2, -0.15) is 0 Å². The lowest BCUT2D eigenvalue weighted by molar-refractivity contribution is 0.0776. The molecule has 0 saturated heterocycles. The van der Waals surface area contributed by atoms with Crippen LogP contribution in [0.1, 0.15) is 30.6 Å². The van der Waals surface area contributed by atoms with Crippen molar-refractivity contribution in [2.24, 2.45) is 5.92 Å². The summed E-state index contributed by atoms with van der Waals surface area (Å²) in [6.07, 6.45) is 1.05. The Kier molecular flexibility index (Phi) is 4.82. The van der Waals surface area contributed by atoms with Gasteiger partial charge >= 0.3 is 0 Å². The Balaban J connectivity index is 2.81. The highest BCUT2D eigenvalue weighted by atomic mass is 35.5. The second kappa shape index (κ2) is 5.92. The number of halogens is 1. The average Bonchev–Trinajstić information content (AvgIpc) is 2.28. The van der Waals surface area contributed by atoms with Gasteiger partial charge in [-0.05, 0) is 24.1 Å². The number of hydrogen-bond donors (Lipinski definition) is 1. The first-order valence-corrected chi connectivity index (χ1v) is 6.14. The van der Waals surface area contributed by atoms with Gasteiger partial charge in [0.05, 0.1) is 5.56 Å². The van der Waals surface area contributed by atoms with E-state index in [1.807, 2.05) is 0 Å². The molecule has 1 amide bonds. The maximum atomic E-state index is 12.1. The van der Waals surface area contributed by atoms with Crippen molar-refractivity contribution in [3.8, 4) is 0 Å². The van der Waals surface area contributed by atoms with Crippen molar-refractivity contribution in [1.82, 2.24) is 4.90 Å². The summed E-state index contributed by atoms with van der Waals surface area (Å²) in [6, 6.07) is 4.96. The monoisotopic (exact) mass is 254 g/mol. The smallest absolute Gasteiger partial charge is 0.255 e. The van der Waals surface area contributed by atoms with Gasteiger partial charge < -0.3 is 10.6 Å². The van der Waals surface area contributed by atoms with Gasteiger partial charge in [0.1, 0.15) is 0 Å². The highest BCUT2D eigenvalue weighted by molar-refractivity contribution is 6.31. The first kappa shape index (κ1) is 13.8. The van der Waals surface area contributed by atoms with E-state index in [2.05, 4.69) is 13.8 Å². The van der Waals surface area contributed by atoms with Crippen LogP contribution in [0.3, 0.4) is 0 Å². The van der Waals surface area contributed by atoms with Gasteiger partial charge in [-0.15, -0.1) is 0 Å². The fraction of sp³-hybridized carbons (Fsp3) is 0.462. The van der Waals surface area contributed by atoms with E-state index < -0.39 is 0 Å². The number of anilines is 1. The zero-order valence-corrected chi connectivity index (χ0v) is 11.3. The topological polar surface area (TPSA) is 46.3 Å². The molecule has 1 unspecified atom stereocenters. The number of carbonyl (C=O) groups excluding carboxylic acids is 1. The van der Waals surface area contributed by atoms with Crippen LogP contribution in [0.4, 0.5) is 5.69 Å². The molecule has 0 spiro atoms. The van der Waals surface area contributed by atoms with Crippen molar-refractivity contribution in [1.29, 1.82) is 0 Å². The van der Waals surface area contributed by atoms with Gasteiger partial charge in [-0.1, -0.05) is 31.9 Å². The lowest BCUT2D eigenvalue weighted by atomic mass is 10.1. The normalized spacial score (nSPS) is 12.2. The Hall–Kier alpha value is -1.22. The highest BCUT2D eigenvalue weighted by Gasteiger charge is 2.16. The van der Waals surface area contributed by atoms with E-state index in [0.29, 0.717) is 22.2 Å². The third-order valence-corrected chi connectivity index (χ3v) is 3.11. The second-order valence-electron chi connectivity index (χ2n) is 4.43. The van der Waals surface area contributed by atoms with Gasteiger partial charge in [0.2, 0.25) is 0 Å². The van der Waals surface area contributed by atoms with Gasteiger partial charge in [0.15, 0.2) is 0 Å². The summed E-state index contributed by atoms with van der Waals surface area (Å²) in [5.41, 5.74) is 6.73. The summed E-state index contributed by atoms with van der Waals surface area (Å²) in [4.78, 5) is 13.8.